The summed E-state index contributed by atoms with van der Waals surface area (Å²) in [6, 6.07) is 6.82. The predicted molar refractivity (Wildman–Crippen MR) is 71.2 cm³/mol. The number of rotatable bonds is 5. The highest BCUT2D eigenvalue weighted by molar-refractivity contribution is 9.10. The first kappa shape index (κ1) is 14.7. The van der Waals surface area contributed by atoms with Crippen LogP contribution in [0.1, 0.15) is 17.3 Å². The third kappa shape index (κ3) is 5.29. The SMILES string of the molecule is C[C@@H](O)CNC(=O)CNC(=O)c1ccc(Br)cc1. The normalized spacial score (nSPS) is 11.7. The van der Waals surface area contributed by atoms with E-state index in [9.17, 15) is 9.59 Å². The summed E-state index contributed by atoms with van der Waals surface area (Å²) in [6.07, 6.45) is -0.601. The molecule has 0 unspecified atom stereocenters. The Balaban J connectivity index is 2.37. The summed E-state index contributed by atoms with van der Waals surface area (Å²) in [5.74, 6) is -0.643. The number of carbonyl (C=O) groups excluding carboxylic acids is 2. The maximum atomic E-state index is 11.6. The Labute approximate surface area is 114 Å². The highest BCUT2D eigenvalue weighted by Gasteiger charge is 2.08. The summed E-state index contributed by atoms with van der Waals surface area (Å²) in [5.41, 5.74) is 0.488. The molecule has 0 heterocycles. The van der Waals surface area contributed by atoms with Crippen molar-refractivity contribution >= 4 is 27.7 Å². The largest absolute Gasteiger partial charge is 0.392 e. The maximum absolute atomic E-state index is 11.6. The van der Waals surface area contributed by atoms with E-state index in [0.29, 0.717) is 5.56 Å². The molecule has 0 aromatic heterocycles. The van der Waals surface area contributed by atoms with E-state index < -0.39 is 6.10 Å². The van der Waals surface area contributed by atoms with Crippen molar-refractivity contribution < 1.29 is 14.7 Å². The number of halogens is 1. The van der Waals surface area contributed by atoms with Crippen molar-refractivity contribution in [3.8, 4) is 0 Å². The van der Waals surface area contributed by atoms with Gasteiger partial charge in [-0.1, -0.05) is 15.9 Å². The van der Waals surface area contributed by atoms with Gasteiger partial charge in [0, 0.05) is 16.6 Å². The number of carbonyl (C=O) groups is 2. The number of hydrogen-bond donors (Lipinski definition) is 3. The number of aliphatic hydroxyl groups is 1. The van der Waals surface area contributed by atoms with Crippen LogP contribution in [0.15, 0.2) is 28.7 Å². The molecule has 6 heteroatoms. The van der Waals surface area contributed by atoms with Crippen LogP contribution in [0.2, 0.25) is 0 Å². The first-order valence-corrected chi connectivity index (χ1v) is 6.27. The minimum absolute atomic E-state index is 0.110. The average Bonchev–Trinajstić information content (AvgIpc) is 2.34. The molecule has 18 heavy (non-hydrogen) atoms. The Morgan fingerprint density at radius 1 is 1.28 bits per heavy atom. The van der Waals surface area contributed by atoms with E-state index in [1.54, 1.807) is 31.2 Å². The van der Waals surface area contributed by atoms with E-state index in [0.717, 1.165) is 4.47 Å². The Bertz CT molecular complexity index is 418. The van der Waals surface area contributed by atoms with Gasteiger partial charge in [-0.2, -0.15) is 0 Å². The van der Waals surface area contributed by atoms with Gasteiger partial charge in [0.2, 0.25) is 5.91 Å². The van der Waals surface area contributed by atoms with Crippen LogP contribution in [0.3, 0.4) is 0 Å². The highest BCUT2D eigenvalue weighted by atomic mass is 79.9. The van der Waals surface area contributed by atoms with Gasteiger partial charge in [-0.3, -0.25) is 9.59 Å². The van der Waals surface area contributed by atoms with E-state index in [-0.39, 0.29) is 24.9 Å². The van der Waals surface area contributed by atoms with E-state index in [1.807, 2.05) is 0 Å². The summed E-state index contributed by atoms with van der Waals surface area (Å²) >= 11 is 3.27. The Hall–Kier alpha value is -1.40. The van der Waals surface area contributed by atoms with E-state index in [4.69, 9.17) is 5.11 Å². The summed E-state index contributed by atoms with van der Waals surface area (Å²) in [5, 5.41) is 14.0. The minimum Gasteiger partial charge on any atom is -0.392 e. The van der Waals surface area contributed by atoms with Crippen LogP contribution in [-0.4, -0.2) is 36.1 Å². The molecule has 1 aromatic carbocycles. The standard InChI is InChI=1S/C12H15BrN2O3/c1-8(16)6-14-11(17)7-15-12(18)9-2-4-10(13)5-3-9/h2-5,8,16H,6-7H2,1H3,(H,14,17)(H,15,18)/t8-/m1/s1. The summed E-state index contributed by atoms with van der Waals surface area (Å²) in [6.45, 7) is 1.63. The van der Waals surface area contributed by atoms with Crippen molar-refractivity contribution in [1.29, 1.82) is 0 Å². The molecule has 0 aliphatic rings. The number of hydrogen-bond acceptors (Lipinski definition) is 3. The molecule has 1 rings (SSSR count). The van der Waals surface area contributed by atoms with Gasteiger partial charge in [0.05, 0.1) is 12.6 Å². The molecule has 0 aliphatic carbocycles. The molecule has 98 valence electrons. The zero-order valence-corrected chi connectivity index (χ0v) is 11.5. The second-order valence-electron chi connectivity index (χ2n) is 3.84. The van der Waals surface area contributed by atoms with Crippen molar-refractivity contribution in [1.82, 2.24) is 10.6 Å². The summed E-state index contributed by atoms with van der Waals surface area (Å²) in [7, 11) is 0. The fourth-order valence-corrected chi connectivity index (χ4v) is 1.45. The molecule has 1 atom stereocenters. The third-order valence-electron chi connectivity index (χ3n) is 2.11. The molecular formula is C12H15BrN2O3. The molecule has 0 bridgehead atoms. The molecular weight excluding hydrogens is 300 g/mol. The van der Waals surface area contributed by atoms with Crippen molar-refractivity contribution in [3.05, 3.63) is 34.3 Å². The zero-order valence-electron chi connectivity index (χ0n) is 9.94. The van der Waals surface area contributed by atoms with Crippen LogP contribution in [-0.2, 0) is 4.79 Å². The van der Waals surface area contributed by atoms with Gasteiger partial charge in [0.25, 0.3) is 5.91 Å². The average molecular weight is 315 g/mol. The number of amides is 2. The molecule has 5 nitrogen and oxygen atoms in total. The molecule has 0 saturated carbocycles. The van der Waals surface area contributed by atoms with Crippen molar-refractivity contribution in [3.63, 3.8) is 0 Å². The Morgan fingerprint density at radius 2 is 1.89 bits per heavy atom. The Morgan fingerprint density at radius 3 is 2.44 bits per heavy atom. The summed E-state index contributed by atoms with van der Waals surface area (Å²) < 4.78 is 0.883. The van der Waals surface area contributed by atoms with Crippen LogP contribution < -0.4 is 10.6 Å². The third-order valence-corrected chi connectivity index (χ3v) is 2.64. The lowest BCUT2D eigenvalue weighted by molar-refractivity contribution is -0.120. The second-order valence-corrected chi connectivity index (χ2v) is 4.76. The Kier molecular flexibility index (Phi) is 5.80. The molecule has 3 N–H and O–H groups in total. The van der Waals surface area contributed by atoms with Crippen LogP contribution in [0.25, 0.3) is 0 Å². The molecule has 0 radical (unpaired) electrons. The van der Waals surface area contributed by atoms with E-state index in [1.165, 1.54) is 0 Å². The number of nitrogens with one attached hydrogen (secondary N) is 2. The number of benzene rings is 1. The number of aliphatic hydroxyl groups excluding tert-OH is 1. The first-order valence-electron chi connectivity index (χ1n) is 5.47. The topological polar surface area (TPSA) is 78.4 Å². The first-order chi connectivity index (χ1) is 8.49. The molecule has 0 aliphatic heterocycles. The minimum atomic E-state index is -0.601. The van der Waals surface area contributed by atoms with Crippen LogP contribution in [0, 0.1) is 0 Å². The van der Waals surface area contributed by atoms with Gasteiger partial charge in [0.1, 0.15) is 0 Å². The van der Waals surface area contributed by atoms with E-state index in [2.05, 4.69) is 26.6 Å². The molecule has 1 aromatic rings. The quantitative estimate of drug-likeness (QED) is 0.747. The van der Waals surface area contributed by atoms with E-state index >= 15 is 0 Å². The predicted octanol–water partition coefficient (Wildman–Crippen LogP) is 0.676. The van der Waals surface area contributed by atoms with Gasteiger partial charge in [-0.25, -0.2) is 0 Å². The summed E-state index contributed by atoms with van der Waals surface area (Å²) in [4.78, 5) is 22.9. The van der Waals surface area contributed by atoms with Gasteiger partial charge < -0.3 is 15.7 Å². The van der Waals surface area contributed by atoms with Crippen LogP contribution in [0.5, 0.6) is 0 Å². The van der Waals surface area contributed by atoms with Gasteiger partial charge in [-0.15, -0.1) is 0 Å². The molecule has 0 fully saturated rings. The van der Waals surface area contributed by atoms with Crippen LogP contribution >= 0.6 is 15.9 Å². The molecule has 0 spiro atoms. The van der Waals surface area contributed by atoms with Gasteiger partial charge in [-0.05, 0) is 31.2 Å². The fraction of sp³-hybridized carbons (Fsp3) is 0.333. The zero-order chi connectivity index (χ0) is 13.5. The van der Waals surface area contributed by atoms with Crippen molar-refractivity contribution in [2.24, 2.45) is 0 Å². The van der Waals surface area contributed by atoms with Crippen LogP contribution in [0.4, 0.5) is 0 Å². The highest BCUT2D eigenvalue weighted by Crippen LogP contribution is 2.10. The second kappa shape index (κ2) is 7.13. The van der Waals surface area contributed by atoms with Gasteiger partial charge >= 0.3 is 0 Å². The lowest BCUT2D eigenvalue weighted by atomic mass is 10.2. The maximum Gasteiger partial charge on any atom is 0.251 e. The molecule has 0 saturated heterocycles. The lowest BCUT2D eigenvalue weighted by Gasteiger charge is -2.08. The molecule has 2 amide bonds. The lowest BCUT2D eigenvalue weighted by Crippen LogP contribution is -2.39. The fourth-order valence-electron chi connectivity index (χ4n) is 1.19. The van der Waals surface area contributed by atoms with Gasteiger partial charge in [0.15, 0.2) is 0 Å². The van der Waals surface area contributed by atoms with Crippen molar-refractivity contribution in [2.45, 2.75) is 13.0 Å². The smallest absolute Gasteiger partial charge is 0.251 e. The van der Waals surface area contributed by atoms with Crippen molar-refractivity contribution in [2.75, 3.05) is 13.1 Å². The monoisotopic (exact) mass is 314 g/mol.